The summed E-state index contributed by atoms with van der Waals surface area (Å²) in [5.41, 5.74) is 1.16. The van der Waals surface area contributed by atoms with Crippen LogP contribution in [0.3, 0.4) is 0 Å². The molecule has 0 fully saturated rings. The number of phenolic OH excluding ortho intramolecular Hbond substituents is 2. The van der Waals surface area contributed by atoms with E-state index in [4.69, 9.17) is 16.3 Å². The SMILES string of the molecule is COc1ccc(Cl)cc1C(=O)NCCc1ccc(O)c(O)c1. The topological polar surface area (TPSA) is 78.8 Å². The summed E-state index contributed by atoms with van der Waals surface area (Å²) < 4.78 is 5.13. The van der Waals surface area contributed by atoms with Gasteiger partial charge >= 0.3 is 0 Å². The maximum absolute atomic E-state index is 12.1. The van der Waals surface area contributed by atoms with Crippen molar-refractivity contribution >= 4 is 17.5 Å². The molecule has 6 heteroatoms. The second-order valence-electron chi connectivity index (χ2n) is 4.67. The van der Waals surface area contributed by atoms with Crippen LogP contribution in [0.2, 0.25) is 5.02 Å². The highest BCUT2D eigenvalue weighted by Gasteiger charge is 2.12. The van der Waals surface area contributed by atoms with Crippen molar-refractivity contribution < 1.29 is 19.7 Å². The van der Waals surface area contributed by atoms with Gasteiger partial charge in [-0.05, 0) is 42.3 Å². The molecule has 1 amide bonds. The number of hydrogen-bond acceptors (Lipinski definition) is 4. The van der Waals surface area contributed by atoms with Gasteiger partial charge in [-0.1, -0.05) is 17.7 Å². The highest BCUT2D eigenvalue weighted by molar-refractivity contribution is 6.31. The maximum Gasteiger partial charge on any atom is 0.255 e. The summed E-state index contributed by atoms with van der Waals surface area (Å²) in [5, 5.41) is 21.9. The molecule has 0 spiro atoms. The van der Waals surface area contributed by atoms with Crippen molar-refractivity contribution in [3.05, 3.63) is 52.5 Å². The molecule has 0 aliphatic rings. The van der Waals surface area contributed by atoms with Crippen LogP contribution in [0, 0.1) is 0 Å². The Kier molecular flexibility index (Phi) is 5.12. The van der Waals surface area contributed by atoms with Gasteiger partial charge in [0.25, 0.3) is 5.91 Å². The zero-order valence-corrected chi connectivity index (χ0v) is 12.7. The second-order valence-corrected chi connectivity index (χ2v) is 5.11. The Labute approximate surface area is 133 Å². The van der Waals surface area contributed by atoms with Gasteiger partial charge in [-0.15, -0.1) is 0 Å². The fourth-order valence-electron chi connectivity index (χ4n) is 2.00. The third kappa shape index (κ3) is 3.83. The van der Waals surface area contributed by atoms with Gasteiger partial charge < -0.3 is 20.3 Å². The van der Waals surface area contributed by atoms with E-state index in [1.807, 2.05) is 0 Å². The van der Waals surface area contributed by atoms with E-state index in [-0.39, 0.29) is 17.4 Å². The van der Waals surface area contributed by atoms with Gasteiger partial charge in [0, 0.05) is 11.6 Å². The predicted molar refractivity (Wildman–Crippen MR) is 83.8 cm³/mol. The minimum atomic E-state index is -0.289. The number of hydrogen-bond donors (Lipinski definition) is 3. The lowest BCUT2D eigenvalue weighted by molar-refractivity contribution is 0.0951. The Morgan fingerprint density at radius 2 is 1.95 bits per heavy atom. The number of phenols is 2. The lowest BCUT2D eigenvalue weighted by Gasteiger charge is -2.10. The number of aromatic hydroxyl groups is 2. The Bertz CT molecular complexity index is 688. The Balaban J connectivity index is 1.98. The van der Waals surface area contributed by atoms with E-state index in [9.17, 15) is 15.0 Å². The first-order valence-electron chi connectivity index (χ1n) is 6.64. The second kappa shape index (κ2) is 7.04. The van der Waals surface area contributed by atoms with Gasteiger partial charge in [-0.3, -0.25) is 4.79 Å². The third-order valence-electron chi connectivity index (χ3n) is 3.15. The van der Waals surface area contributed by atoms with Gasteiger partial charge in [0.2, 0.25) is 0 Å². The maximum atomic E-state index is 12.1. The first kappa shape index (κ1) is 16.0. The Morgan fingerprint density at radius 3 is 2.64 bits per heavy atom. The molecule has 0 saturated carbocycles. The van der Waals surface area contributed by atoms with E-state index in [1.165, 1.54) is 19.2 Å². The van der Waals surface area contributed by atoms with E-state index in [0.29, 0.717) is 29.3 Å². The summed E-state index contributed by atoms with van der Waals surface area (Å²) in [4.78, 5) is 12.1. The van der Waals surface area contributed by atoms with Gasteiger partial charge in [0.05, 0.1) is 12.7 Å². The molecule has 0 atom stereocenters. The summed E-state index contributed by atoms with van der Waals surface area (Å²) in [5.74, 6) is -0.191. The van der Waals surface area contributed by atoms with Gasteiger partial charge in [0.15, 0.2) is 11.5 Å². The molecule has 3 N–H and O–H groups in total. The van der Waals surface area contributed by atoms with E-state index < -0.39 is 0 Å². The van der Waals surface area contributed by atoms with E-state index >= 15 is 0 Å². The zero-order chi connectivity index (χ0) is 16.1. The number of carbonyl (C=O) groups excluding carboxylic acids is 1. The Morgan fingerprint density at radius 1 is 1.18 bits per heavy atom. The monoisotopic (exact) mass is 321 g/mol. The summed E-state index contributed by atoms with van der Waals surface area (Å²) >= 11 is 5.89. The molecule has 0 heterocycles. The third-order valence-corrected chi connectivity index (χ3v) is 3.38. The average Bonchev–Trinajstić information content (AvgIpc) is 2.50. The number of nitrogens with one attached hydrogen (secondary N) is 1. The summed E-state index contributed by atoms with van der Waals surface area (Å²) in [6, 6.07) is 9.38. The molecule has 116 valence electrons. The van der Waals surface area contributed by atoms with E-state index in [2.05, 4.69) is 5.32 Å². The van der Waals surface area contributed by atoms with Crippen LogP contribution in [-0.2, 0) is 6.42 Å². The van der Waals surface area contributed by atoms with Crippen LogP contribution in [0.25, 0.3) is 0 Å². The van der Waals surface area contributed by atoms with Crippen LogP contribution < -0.4 is 10.1 Å². The minimum Gasteiger partial charge on any atom is -0.504 e. The van der Waals surface area contributed by atoms with Gasteiger partial charge in [-0.2, -0.15) is 0 Å². The van der Waals surface area contributed by atoms with Crippen LogP contribution in [0.15, 0.2) is 36.4 Å². The largest absolute Gasteiger partial charge is 0.504 e. The highest BCUT2D eigenvalue weighted by Crippen LogP contribution is 2.25. The lowest BCUT2D eigenvalue weighted by Crippen LogP contribution is -2.26. The number of halogens is 1. The average molecular weight is 322 g/mol. The van der Waals surface area contributed by atoms with Crippen molar-refractivity contribution in [1.29, 1.82) is 0 Å². The number of ether oxygens (including phenoxy) is 1. The van der Waals surface area contributed by atoms with Crippen molar-refractivity contribution in [2.75, 3.05) is 13.7 Å². The van der Waals surface area contributed by atoms with Crippen LogP contribution in [0.1, 0.15) is 15.9 Å². The van der Waals surface area contributed by atoms with Crippen LogP contribution in [0.5, 0.6) is 17.2 Å². The number of amides is 1. The number of benzene rings is 2. The van der Waals surface area contributed by atoms with E-state index in [1.54, 1.807) is 24.3 Å². The molecule has 0 aromatic heterocycles. The number of rotatable bonds is 5. The number of methoxy groups -OCH3 is 1. The number of carbonyl (C=O) groups is 1. The van der Waals surface area contributed by atoms with Crippen LogP contribution >= 0.6 is 11.6 Å². The molecule has 0 aliphatic heterocycles. The molecule has 2 aromatic rings. The van der Waals surface area contributed by atoms with Crippen molar-refractivity contribution in [1.82, 2.24) is 5.32 Å². The summed E-state index contributed by atoms with van der Waals surface area (Å²) in [6.45, 7) is 0.374. The summed E-state index contributed by atoms with van der Waals surface area (Å²) in [7, 11) is 1.49. The molecule has 5 nitrogen and oxygen atoms in total. The fourth-order valence-corrected chi connectivity index (χ4v) is 2.17. The van der Waals surface area contributed by atoms with E-state index in [0.717, 1.165) is 5.56 Å². The molecule has 0 radical (unpaired) electrons. The normalized spacial score (nSPS) is 10.3. The van der Waals surface area contributed by atoms with Crippen molar-refractivity contribution in [3.63, 3.8) is 0 Å². The van der Waals surface area contributed by atoms with Crippen LogP contribution in [-0.4, -0.2) is 29.8 Å². The quantitative estimate of drug-likeness (QED) is 0.740. The molecular formula is C16H16ClNO4. The standard InChI is InChI=1S/C16H16ClNO4/c1-22-15-5-3-11(17)9-12(15)16(21)18-7-6-10-2-4-13(19)14(20)8-10/h2-5,8-9,19-20H,6-7H2,1H3,(H,18,21). The molecule has 0 saturated heterocycles. The summed E-state index contributed by atoms with van der Waals surface area (Å²) in [6.07, 6.45) is 0.516. The molecule has 2 rings (SSSR count). The molecule has 0 aliphatic carbocycles. The molecule has 0 bridgehead atoms. The van der Waals surface area contributed by atoms with Crippen molar-refractivity contribution in [2.45, 2.75) is 6.42 Å². The molecule has 2 aromatic carbocycles. The lowest BCUT2D eigenvalue weighted by atomic mass is 10.1. The molecular weight excluding hydrogens is 306 g/mol. The zero-order valence-electron chi connectivity index (χ0n) is 12.0. The Hall–Kier alpha value is -2.40. The molecule has 0 unspecified atom stereocenters. The fraction of sp³-hybridized carbons (Fsp3) is 0.188. The van der Waals surface area contributed by atoms with Crippen molar-refractivity contribution in [3.8, 4) is 17.2 Å². The highest BCUT2D eigenvalue weighted by atomic mass is 35.5. The predicted octanol–water partition coefficient (Wildman–Crippen LogP) is 2.73. The first-order valence-corrected chi connectivity index (χ1v) is 7.01. The minimum absolute atomic E-state index is 0.170. The first-order chi connectivity index (χ1) is 10.5. The molecule has 22 heavy (non-hydrogen) atoms. The van der Waals surface area contributed by atoms with Gasteiger partial charge in [0.1, 0.15) is 5.75 Å². The smallest absolute Gasteiger partial charge is 0.255 e. The van der Waals surface area contributed by atoms with Crippen LogP contribution in [0.4, 0.5) is 0 Å². The van der Waals surface area contributed by atoms with Gasteiger partial charge in [-0.25, -0.2) is 0 Å². The van der Waals surface area contributed by atoms with Crippen molar-refractivity contribution in [2.24, 2.45) is 0 Å².